The summed E-state index contributed by atoms with van der Waals surface area (Å²) >= 11 is 0. The van der Waals surface area contributed by atoms with Gasteiger partial charge in [0.15, 0.2) is 11.5 Å². The Kier molecular flexibility index (Phi) is 3.99. The number of aliphatic hydroxyl groups excluding tert-OH is 1. The number of halogens is 2. The molecule has 2 aromatic heterocycles. The molecule has 0 radical (unpaired) electrons. The number of hydrogen-bond acceptors (Lipinski definition) is 4. The van der Waals surface area contributed by atoms with Crippen LogP contribution in [0.15, 0.2) is 31.0 Å². The molecular weight excluding hydrogens is 330 g/mol. The largest absolute Gasteiger partial charge is 0.391 e. The first kappa shape index (κ1) is 16.1. The minimum absolute atomic E-state index is 0.0699. The molecular formula is C17H18F2N4O2. The van der Waals surface area contributed by atoms with Crippen molar-refractivity contribution in [2.75, 3.05) is 13.1 Å². The highest BCUT2D eigenvalue weighted by Crippen LogP contribution is 2.41. The topological polar surface area (TPSA) is 71.2 Å². The molecule has 1 N–H and O–H groups in total. The van der Waals surface area contributed by atoms with E-state index in [0.29, 0.717) is 25.6 Å². The monoisotopic (exact) mass is 348 g/mol. The van der Waals surface area contributed by atoms with Crippen molar-refractivity contribution in [3.63, 3.8) is 0 Å². The van der Waals surface area contributed by atoms with Crippen LogP contribution in [-0.2, 0) is 0 Å². The molecule has 2 aromatic rings. The summed E-state index contributed by atoms with van der Waals surface area (Å²) in [4.78, 5) is 21.7. The van der Waals surface area contributed by atoms with E-state index in [4.69, 9.17) is 0 Å². The van der Waals surface area contributed by atoms with Crippen LogP contribution in [0.2, 0.25) is 0 Å². The minimum Gasteiger partial charge on any atom is -0.391 e. The van der Waals surface area contributed by atoms with Crippen LogP contribution in [0.1, 0.15) is 29.4 Å². The molecule has 0 aromatic carbocycles. The van der Waals surface area contributed by atoms with Crippen LogP contribution in [0, 0.1) is 23.5 Å². The molecule has 0 spiro atoms. The number of aromatic nitrogens is 3. The van der Waals surface area contributed by atoms with Gasteiger partial charge >= 0.3 is 0 Å². The van der Waals surface area contributed by atoms with Gasteiger partial charge in [0.1, 0.15) is 5.82 Å². The highest BCUT2D eigenvalue weighted by molar-refractivity contribution is 5.92. The first-order valence-corrected chi connectivity index (χ1v) is 8.28. The third kappa shape index (κ3) is 2.90. The Morgan fingerprint density at radius 1 is 1.24 bits per heavy atom. The third-order valence-corrected chi connectivity index (χ3v) is 5.31. The summed E-state index contributed by atoms with van der Waals surface area (Å²) in [7, 11) is 0. The Labute approximate surface area is 143 Å². The lowest BCUT2D eigenvalue weighted by Gasteiger charge is -2.35. The number of imidazole rings is 1. The van der Waals surface area contributed by atoms with Crippen molar-refractivity contribution in [2.45, 2.75) is 25.0 Å². The molecule has 0 bridgehead atoms. The Morgan fingerprint density at radius 3 is 2.68 bits per heavy atom. The summed E-state index contributed by atoms with van der Waals surface area (Å²) in [5.74, 6) is -1.89. The van der Waals surface area contributed by atoms with E-state index in [-0.39, 0.29) is 23.6 Å². The second kappa shape index (κ2) is 6.18. The first-order chi connectivity index (χ1) is 12.0. The van der Waals surface area contributed by atoms with Crippen LogP contribution in [0.3, 0.4) is 0 Å². The second-order valence-corrected chi connectivity index (χ2v) is 6.83. The average Bonchev–Trinajstić information content (AvgIpc) is 3.22. The van der Waals surface area contributed by atoms with Gasteiger partial charge in [-0.05, 0) is 24.7 Å². The fourth-order valence-electron chi connectivity index (χ4n) is 4.08. The maximum atomic E-state index is 13.8. The summed E-state index contributed by atoms with van der Waals surface area (Å²) in [5.41, 5.74) is -0.355. The zero-order valence-corrected chi connectivity index (χ0v) is 13.4. The van der Waals surface area contributed by atoms with E-state index in [1.54, 1.807) is 17.4 Å². The Bertz CT molecular complexity index is 783. The van der Waals surface area contributed by atoms with Gasteiger partial charge < -0.3 is 14.6 Å². The van der Waals surface area contributed by atoms with Gasteiger partial charge in [-0.15, -0.1) is 0 Å². The number of carbonyl (C=O) groups is 1. The summed E-state index contributed by atoms with van der Waals surface area (Å²) in [6.07, 6.45) is 6.83. The molecule has 3 heterocycles. The van der Waals surface area contributed by atoms with Gasteiger partial charge in [0.2, 0.25) is 0 Å². The summed E-state index contributed by atoms with van der Waals surface area (Å²) in [5, 5.41) is 10.4. The number of carbonyl (C=O) groups excluding carboxylic acids is 1. The molecule has 2 aliphatic rings. The molecule has 1 aliphatic carbocycles. The van der Waals surface area contributed by atoms with Crippen molar-refractivity contribution in [3.8, 4) is 0 Å². The number of hydrogen-bond donors (Lipinski definition) is 1. The van der Waals surface area contributed by atoms with Gasteiger partial charge in [-0.1, -0.05) is 0 Å². The minimum atomic E-state index is -0.948. The van der Waals surface area contributed by atoms with E-state index in [1.807, 2.05) is 10.8 Å². The van der Waals surface area contributed by atoms with Crippen LogP contribution in [0.5, 0.6) is 0 Å². The molecule has 1 saturated heterocycles. The van der Waals surface area contributed by atoms with Crippen LogP contribution in [0.25, 0.3) is 0 Å². The van der Waals surface area contributed by atoms with E-state index >= 15 is 0 Å². The predicted octanol–water partition coefficient (Wildman–Crippen LogP) is 1.64. The van der Waals surface area contributed by atoms with Gasteiger partial charge in [0.05, 0.1) is 24.7 Å². The van der Waals surface area contributed by atoms with E-state index in [1.165, 1.54) is 0 Å². The van der Waals surface area contributed by atoms with E-state index in [0.717, 1.165) is 12.6 Å². The number of pyridine rings is 1. The molecule has 2 fully saturated rings. The maximum Gasteiger partial charge on any atom is 0.275 e. The highest BCUT2D eigenvalue weighted by atomic mass is 19.1. The van der Waals surface area contributed by atoms with Crippen molar-refractivity contribution in [1.29, 1.82) is 0 Å². The summed E-state index contributed by atoms with van der Waals surface area (Å²) in [6, 6.07) is 0.599. The SMILES string of the molecule is O=C(c1ncc(F)cc1F)N1C[C@H]2C[C@@H](n3ccnc3)[C@H](O)C[C@H]2C1. The number of aliphatic hydroxyl groups is 1. The number of rotatable bonds is 2. The fraction of sp³-hybridized carbons (Fsp3) is 0.471. The third-order valence-electron chi connectivity index (χ3n) is 5.31. The number of nitrogens with zero attached hydrogens (tertiary/aromatic N) is 4. The van der Waals surface area contributed by atoms with Gasteiger partial charge in [0, 0.05) is 31.5 Å². The van der Waals surface area contributed by atoms with E-state index in [2.05, 4.69) is 9.97 Å². The lowest BCUT2D eigenvalue weighted by molar-refractivity contribution is 0.0357. The van der Waals surface area contributed by atoms with E-state index in [9.17, 15) is 18.7 Å². The lowest BCUT2D eigenvalue weighted by atomic mass is 9.77. The molecule has 1 amide bonds. The van der Waals surface area contributed by atoms with Crippen LogP contribution in [0.4, 0.5) is 8.78 Å². The first-order valence-electron chi connectivity index (χ1n) is 8.28. The predicted molar refractivity (Wildman–Crippen MR) is 83.5 cm³/mol. The molecule has 25 heavy (non-hydrogen) atoms. The molecule has 8 heteroatoms. The molecule has 0 unspecified atom stereocenters. The molecule has 132 valence electrons. The zero-order chi connectivity index (χ0) is 17.6. The molecule has 1 saturated carbocycles. The van der Waals surface area contributed by atoms with Crippen molar-refractivity contribution < 1.29 is 18.7 Å². The van der Waals surface area contributed by atoms with Crippen LogP contribution < -0.4 is 0 Å². The zero-order valence-electron chi connectivity index (χ0n) is 13.4. The standard InChI is InChI=1S/C17H18F2N4O2/c18-12-5-13(19)16(21-6-12)17(25)23-7-10-3-14(22-2-1-20-9-22)15(24)4-11(10)8-23/h1-2,5-6,9-11,14-15,24H,3-4,7-8H2/t10-,11+,14-,15-/m1/s1. The van der Waals surface area contributed by atoms with Crippen molar-refractivity contribution in [1.82, 2.24) is 19.4 Å². The van der Waals surface area contributed by atoms with Gasteiger partial charge in [-0.25, -0.2) is 18.7 Å². The number of likely N-dealkylation sites (tertiary alicyclic amines) is 1. The number of fused-ring (bicyclic) bond motifs is 1. The maximum absolute atomic E-state index is 13.8. The molecule has 4 atom stereocenters. The Hall–Kier alpha value is -2.35. The fourth-order valence-corrected chi connectivity index (χ4v) is 4.08. The van der Waals surface area contributed by atoms with Gasteiger partial charge in [-0.3, -0.25) is 4.79 Å². The molecule has 6 nitrogen and oxygen atoms in total. The van der Waals surface area contributed by atoms with E-state index < -0.39 is 23.6 Å². The second-order valence-electron chi connectivity index (χ2n) is 6.83. The smallest absolute Gasteiger partial charge is 0.275 e. The molecule has 4 rings (SSSR count). The van der Waals surface area contributed by atoms with Crippen molar-refractivity contribution in [2.24, 2.45) is 11.8 Å². The Morgan fingerprint density at radius 2 is 2.00 bits per heavy atom. The average molecular weight is 348 g/mol. The highest BCUT2D eigenvalue weighted by Gasteiger charge is 2.44. The normalized spacial score (nSPS) is 28.8. The molecule has 1 aliphatic heterocycles. The van der Waals surface area contributed by atoms with Crippen LogP contribution >= 0.6 is 0 Å². The lowest BCUT2D eigenvalue weighted by Crippen LogP contribution is -2.35. The van der Waals surface area contributed by atoms with Crippen molar-refractivity contribution in [3.05, 3.63) is 48.3 Å². The summed E-state index contributed by atoms with van der Waals surface area (Å²) < 4.78 is 28.7. The van der Waals surface area contributed by atoms with Gasteiger partial charge in [-0.2, -0.15) is 0 Å². The summed E-state index contributed by atoms with van der Waals surface area (Å²) in [6.45, 7) is 0.940. The Balaban J connectivity index is 1.50. The quantitative estimate of drug-likeness (QED) is 0.896. The van der Waals surface area contributed by atoms with Crippen LogP contribution in [-0.4, -0.2) is 49.6 Å². The number of amides is 1. The van der Waals surface area contributed by atoms with Crippen molar-refractivity contribution >= 4 is 5.91 Å². The van der Waals surface area contributed by atoms with Gasteiger partial charge in [0.25, 0.3) is 5.91 Å².